The smallest absolute Gasteiger partial charge is 0.264 e. The molecule has 1 amide bonds. The molecule has 7 rings (SSSR count). The highest BCUT2D eigenvalue weighted by Gasteiger charge is 2.45. The molecule has 2 fully saturated rings. The number of sulfonamides is 1. The SMILES string of the molecule is CC1C/C=C/C(OCCN2CCOC[C@H]2C(C)C)[C@@H]2CC[C@H]2CN2C[C@@]3(CCCc4cc(Cl)ccc43)COc3ccc(cc32)C(=O)NS(=O)(=O)C1C. The van der Waals surface area contributed by atoms with Gasteiger partial charge in [0.25, 0.3) is 5.91 Å². The second-order valence-corrected chi connectivity index (χ2v) is 18.8. The summed E-state index contributed by atoms with van der Waals surface area (Å²) in [6, 6.07) is 12.0. The van der Waals surface area contributed by atoms with Gasteiger partial charge in [0.15, 0.2) is 0 Å². The van der Waals surface area contributed by atoms with Gasteiger partial charge in [-0.3, -0.25) is 9.69 Å². The monoisotopic (exact) mass is 753 g/mol. The predicted octanol–water partition coefficient (Wildman–Crippen LogP) is 6.63. The van der Waals surface area contributed by atoms with Gasteiger partial charge < -0.3 is 19.1 Å². The van der Waals surface area contributed by atoms with Crippen molar-refractivity contribution in [1.82, 2.24) is 9.62 Å². The van der Waals surface area contributed by atoms with Crippen LogP contribution in [0.3, 0.4) is 0 Å². The van der Waals surface area contributed by atoms with Crippen molar-refractivity contribution >= 4 is 33.2 Å². The Kier molecular flexibility index (Phi) is 11.3. The lowest BCUT2D eigenvalue weighted by Gasteiger charge is -2.46. The quantitative estimate of drug-likeness (QED) is 0.341. The van der Waals surface area contributed by atoms with E-state index in [1.807, 2.05) is 25.1 Å². The van der Waals surface area contributed by atoms with E-state index in [4.69, 9.17) is 25.8 Å². The Morgan fingerprint density at radius 1 is 1.13 bits per heavy atom. The van der Waals surface area contributed by atoms with E-state index in [1.54, 1.807) is 13.0 Å². The number of amides is 1. The Balaban J connectivity index is 1.22. The van der Waals surface area contributed by atoms with Gasteiger partial charge in [-0.15, -0.1) is 0 Å². The number of halogens is 1. The fourth-order valence-electron chi connectivity index (χ4n) is 9.18. The third-order valence-corrected chi connectivity index (χ3v) is 14.9. The van der Waals surface area contributed by atoms with Gasteiger partial charge in [0, 0.05) is 48.2 Å². The number of allylic oxidation sites excluding steroid dienone is 1. The Morgan fingerprint density at radius 2 is 1.98 bits per heavy atom. The first-order chi connectivity index (χ1) is 24.9. The number of carbonyl (C=O) groups excluding carboxylic acids is 1. The topological polar surface area (TPSA) is 97.4 Å². The van der Waals surface area contributed by atoms with Crippen molar-refractivity contribution < 1.29 is 27.4 Å². The molecule has 2 bridgehead atoms. The molecule has 52 heavy (non-hydrogen) atoms. The van der Waals surface area contributed by atoms with Crippen LogP contribution >= 0.6 is 11.6 Å². The zero-order valence-corrected chi connectivity index (χ0v) is 32.8. The molecule has 2 aliphatic carbocycles. The van der Waals surface area contributed by atoms with E-state index >= 15 is 0 Å². The van der Waals surface area contributed by atoms with Crippen LogP contribution in [0.1, 0.15) is 81.3 Å². The van der Waals surface area contributed by atoms with Gasteiger partial charge in [0.1, 0.15) is 5.75 Å². The molecule has 0 radical (unpaired) electrons. The van der Waals surface area contributed by atoms with Crippen molar-refractivity contribution in [2.24, 2.45) is 23.7 Å². The lowest BCUT2D eigenvalue weighted by atomic mass is 9.68. The number of morpholine rings is 1. The highest BCUT2D eigenvalue weighted by molar-refractivity contribution is 7.90. The first kappa shape index (κ1) is 37.7. The van der Waals surface area contributed by atoms with Crippen LogP contribution in [0.15, 0.2) is 48.6 Å². The average Bonchev–Trinajstić information content (AvgIpc) is 3.25. The lowest BCUT2D eigenvalue weighted by molar-refractivity contribution is -0.0559. The fourth-order valence-corrected chi connectivity index (χ4v) is 10.7. The maximum atomic E-state index is 13.6. The van der Waals surface area contributed by atoms with E-state index in [0.717, 1.165) is 82.2 Å². The Morgan fingerprint density at radius 3 is 2.77 bits per heavy atom. The van der Waals surface area contributed by atoms with E-state index < -0.39 is 21.2 Å². The number of ether oxygens (including phenoxy) is 3. The van der Waals surface area contributed by atoms with Gasteiger partial charge in [0.2, 0.25) is 10.0 Å². The normalized spacial score (nSPS) is 32.9. The minimum absolute atomic E-state index is 0.0791. The molecule has 3 aliphatic heterocycles. The summed E-state index contributed by atoms with van der Waals surface area (Å²) in [5.41, 5.74) is 3.45. The fraction of sp³-hybridized carbons (Fsp3) is 0.634. The molecular formula is C41H56ClN3O6S. The first-order valence-corrected chi connectivity index (χ1v) is 21.3. The number of aryl methyl sites for hydroxylation is 1. The van der Waals surface area contributed by atoms with Crippen LogP contribution in [0.25, 0.3) is 0 Å². The van der Waals surface area contributed by atoms with Crippen LogP contribution in [0.2, 0.25) is 5.02 Å². The summed E-state index contributed by atoms with van der Waals surface area (Å²) < 4.78 is 48.7. The van der Waals surface area contributed by atoms with Gasteiger partial charge in [-0.25, -0.2) is 13.1 Å². The number of fused-ring (bicyclic) bond motifs is 4. The van der Waals surface area contributed by atoms with Crippen LogP contribution in [0.5, 0.6) is 5.75 Å². The molecule has 2 aromatic carbocycles. The Bertz CT molecular complexity index is 1750. The van der Waals surface area contributed by atoms with E-state index in [9.17, 15) is 13.2 Å². The predicted molar refractivity (Wildman–Crippen MR) is 206 cm³/mol. The van der Waals surface area contributed by atoms with Crippen molar-refractivity contribution in [3.63, 3.8) is 0 Å². The number of anilines is 1. The molecule has 284 valence electrons. The van der Waals surface area contributed by atoms with Crippen LogP contribution in [-0.4, -0.2) is 89.2 Å². The second kappa shape index (κ2) is 15.6. The maximum absolute atomic E-state index is 13.6. The van der Waals surface area contributed by atoms with Gasteiger partial charge in [0.05, 0.1) is 43.5 Å². The number of nitrogens with zero attached hydrogens (tertiary/aromatic N) is 2. The van der Waals surface area contributed by atoms with Crippen molar-refractivity contribution in [2.75, 3.05) is 57.5 Å². The van der Waals surface area contributed by atoms with Crippen molar-refractivity contribution in [1.29, 1.82) is 0 Å². The minimum Gasteiger partial charge on any atom is -0.490 e. The number of hydrogen-bond donors (Lipinski definition) is 1. The van der Waals surface area contributed by atoms with Gasteiger partial charge in [-0.05, 0) is 111 Å². The number of benzene rings is 2. The average molecular weight is 754 g/mol. The first-order valence-electron chi connectivity index (χ1n) is 19.4. The third kappa shape index (κ3) is 7.79. The molecule has 1 spiro atoms. The molecule has 1 saturated carbocycles. The minimum atomic E-state index is -3.93. The van der Waals surface area contributed by atoms with Gasteiger partial charge in [-0.1, -0.05) is 50.6 Å². The van der Waals surface area contributed by atoms with Gasteiger partial charge >= 0.3 is 0 Å². The highest BCUT2D eigenvalue weighted by atomic mass is 35.5. The molecule has 3 heterocycles. The van der Waals surface area contributed by atoms with E-state index in [2.05, 4.69) is 52.7 Å². The van der Waals surface area contributed by atoms with E-state index in [0.29, 0.717) is 54.7 Å². The summed E-state index contributed by atoms with van der Waals surface area (Å²) in [6.45, 7) is 14.0. The maximum Gasteiger partial charge on any atom is 0.264 e. The van der Waals surface area contributed by atoms with Crippen molar-refractivity contribution in [3.05, 3.63) is 70.3 Å². The highest BCUT2D eigenvalue weighted by Crippen LogP contribution is 2.47. The summed E-state index contributed by atoms with van der Waals surface area (Å²) in [5, 5.41) is -0.0165. The molecule has 2 aromatic rings. The third-order valence-electron chi connectivity index (χ3n) is 12.8. The van der Waals surface area contributed by atoms with Crippen molar-refractivity contribution in [2.45, 2.75) is 89.0 Å². The molecular weight excluding hydrogens is 698 g/mol. The molecule has 7 atom stereocenters. The molecule has 9 nitrogen and oxygen atoms in total. The lowest BCUT2D eigenvalue weighted by Crippen LogP contribution is -2.50. The van der Waals surface area contributed by atoms with Crippen LogP contribution in [0, 0.1) is 23.7 Å². The molecule has 11 heteroatoms. The number of carbonyl (C=O) groups is 1. The van der Waals surface area contributed by atoms with Crippen molar-refractivity contribution in [3.8, 4) is 5.75 Å². The number of hydrogen-bond acceptors (Lipinski definition) is 8. The number of nitrogens with one attached hydrogen (secondary N) is 1. The standard InChI is InChI=1S/C41H56ClN3O6S/c1-27(2)37-24-49-19-17-44(37)18-20-50-38-9-5-7-28(3)29(4)52(47,48)43-40(46)31-11-15-39-36(22-31)45(23-32-10-13-34(32)38)25-41(26-51-39)16-6-8-30-21-33(42)12-14-35(30)41/h5,9,11-12,14-15,21-22,27-29,32,34,37-38H,6-8,10,13,16-20,23-26H2,1-4H3,(H,43,46)/b9-5+/t28?,29?,32-,34+,37-,38?,41-/m0/s1. The molecule has 3 unspecified atom stereocenters. The van der Waals surface area contributed by atoms with Gasteiger partial charge in [-0.2, -0.15) is 0 Å². The summed E-state index contributed by atoms with van der Waals surface area (Å²) in [4.78, 5) is 18.5. The number of rotatable bonds is 5. The summed E-state index contributed by atoms with van der Waals surface area (Å²) >= 11 is 6.48. The van der Waals surface area contributed by atoms with E-state index in [1.165, 1.54) is 11.1 Å². The molecule has 5 aliphatic rings. The van der Waals surface area contributed by atoms with E-state index in [-0.39, 0.29) is 17.4 Å². The Labute approximate surface area is 315 Å². The zero-order valence-electron chi connectivity index (χ0n) is 31.2. The Hall–Kier alpha value is -2.63. The molecule has 1 N–H and O–H groups in total. The van der Waals surface area contributed by atoms with Crippen LogP contribution in [0.4, 0.5) is 5.69 Å². The summed E-state index contributed by atoms with van der Waals surface area (Å²) in [7, 11) is -3.93. The molecule has 1 saturated heterocycles. The molecule has 0 aromatic heterocycles. The largest absolute Gasteiger partial charge is 0.490 e. The summed E-state index contributed by atoms with van der Waals surface area (Å²) in [5.74, 6) is 1.09. The zero-order chi connectivity index (χ0) is 36.6. The second-order valence-electron chi connectivity index (χ2n) is 16.4. The van der Waals surface area contributed by atoms with Crippen LogP contribution in [-0.2, 0) is 31.3 Å². The summed E-state index contributed by atoms with van der Waals surface area (Å²) in [6.07, 6.45) is 9.95. The van der Waals surface area contributed by atoms with Crippen LogP contribution < -0.4 is 14.4 Å².